The highest BCUT2D eigenvalue weighted by Crippen LogP contribution is 2.47. The van der Waals surface area contributed by atoms with Crippen molar-refractivity contribution in [1.82, 2.24) is 29.6 Å². The van der Waals surface area contributed by atoms with E-state index in [1.165, 1.54) is 17.4 Å². The molecule has 0 spiro atoms. The Morgan fingerprint density at radius 3 is 2.74 bits per heavy atom. The van der Waals surface area contributed by atoms with Crippen LogP contribution in [0.25, 0.3) is 43.9 Å². The molecule has 4 aromatic heterocycles. The number of amides is 1. The van der Waals surface area contributed by atoms with E-state index in [1.807, 2.05) is 29.1 Å². The predicted octanol–water partition coefficient (Wildman–Crippen LogP) is 5.16. The van der Waals surface area contributed by atoms with E-state index in [4.69, 9.17) is 14.8 Å². The first-order valence-corrected chi connectivity index (χ1v) is 14.1. The van der Waals surface area contributed by atoms with Gasteiger partial charge in [0.05, 0.1) is 36.6 Å². The van der Waals surface area contributed by atoms with E-state index in [-0.39, 0.29) is 36.5 Å². The predicted molar refractivity (Wildman–Crippen MR) is 155 cm³/mol. The summed E-state index contributed by atoms with van der Waals surface area (Å²) in [5.41, 5.74) is 3.19. The van der Waals surface area contributed by atoms with Gasteiger partial charge in [0.25, 0.3) is 0 Å². The van der Waals surface area contributed by atoms with Crippen LogP contribution in [0.4, 0.5) is 8.78 Å². The van der Waals surface area contributed by atoms with E-state index in [0.29, 0.717) is 51.8 Å². The lowest BCUT2D eigenvalue weighted by Crippen LogP contribution is -2.44. The lowest BCUT2D eigenvalue weighted by Gasteiger charge is -2.33. The van der Waals surface area contributed by atoms with Crippen molar-refractivity contribution in [3.8, 4) is 39.5 Å². The fourth-order valence-electron chi connectivity index (χ4n) is 5.19. The molecule has 6 rings (SSSR count). The second kappa shape index (κ2) is 11.0. The van der Waals surface area contributed by atoms with Gasteiger partial charge in [0.1, 0.15) is 41.2 Å². The Morgan fingerprint density at radius 2 is 2.00 bits per heavy atom. The highest BCUT2D eigenvalue weighted by atomic mass is 32.1. The van der Waals surface area contributed by atoms with Crippen LogP contribution in [0.15, 0.2) is 54.7 Å². The van der Waals surface area contributed by atoms with Gasteiger partial charge in [-0.1, -0.05) is 6.58 Å². The molecule has 12 heteroatoms. The number of pyridine rings is 1. The molecule has 0 aliphatic carbocycles. The van der Waals surface area contributed by atoms with Gasteiger partial charge in [-0.2, -0.15) is 5.10 Å². The van der Waals surface area contributed by atoms with Gasteiger partial charge >= 0.3 is 0 Å². The quantitative estimate of drug-likeness (QED) is 0.262. The number of ether oxygens (including phenoxy) is 1. The summed E-state index contributed by atoms with van der Waals surface area (Å²) in [5.74, 6) is -1.30. The molecule has 0 unspecified atom stereocenters. The number of hydrogen-bond donors (Lipinski definition) is 1. The maximum Gasteiger partial charge on any atom is 0.246 e. The van der Waals surface area contributed by atoms with Crippen molar-refractivity contribution in [1.29, 1.82) is 0 Å². The monoisotopic (exact) mass is 588 g/mol. The molecule has 1 aliphatic heterocycles. The molecular weight excluding hydrogens is 562 g/mol. The summed E-state index contributed by atoms with van der Waals surface area (Å²) in [6, 6.07) is 5.47. The standard InChI is InChI=1S/C30H26F2N6O3S/c1-4-25(40)37-15-20-11-23(36-38(20)14-16(37)2)29-27(26-22(32)9-19(31)10-24(26)41-7-6-39)30-21(5-8-42-30)28(35-29)18-12-33-17(3)34-13-18/h4-5,8-13,16,39H,1,6-7,14-15H2,2-3H3/t16-/m1/s1. The first kappa shape index (κ1) is 27.6. The molecule has 0 saturated carbocycles. The van der Waals surface area contributed by atoms with Crippen molar-refractivity contribution in [3.05, 3.63) is 77.8 Å². The largest absolute Gasteiger partial charge is 0.490 e. The average molecular weight is 589 g/mol. The van der Waals surface area contributed by atoms with Gasteiger partial charge in [0, 0.05) is 51.8 Å². The molecule has 0 fully saturated rings. The SMILES string of the molecule is C=CC(=O)N1Cc2cc(-c3nc(-c4cnc(C)nc4)c4ccsc4c3-c3c(F)cc(F)cc3OCCO)nn2C[C@H]1C. The molecular formula is C30H26F2N6O3S. The maximum atomic E-state index is 15.8. The summed E-state index contributed by atoms with van der Waals surface area (Å²) in [4.78, 5) is 27.9. The van der Waals surface area contributed by atoms with Crippen LogP contribution >= 0.6 is 11.3 Å². The summed E-state index contributed by atoms with van der Waals surface area (Å²) < 4.78 is 38.3. The first-order valence-electron chi connectivity index (χ1n) is 13.2. The number of halogens is 2. The number of aromatic nitrogens is 5. The summed E-state index contributed by atoms with van der Waals surface area (Å²) in [6.07, 6.45) is 4.64. The molecule has 214 valence electrons. The van der Waals surface area contributed by atoms with E-state index < -0.39 is 11.6 Å². The average Bonchev–Trinajstić information content (AvgIpc) is 3.62. The van der Waals surface area contributed by atoms with E-state index in [1.54, 1.807) is 24.2 Å². The number of nitrogens with zero attached hydrogens (tertiary/aromatic N) is 6. The number of fused-ring (bicyclic) bond motifs is 2. The topological polar surface area (TPSA) is 106 Å². The molecule has 1 atom stereocenters. The number of thiophene rings is 1. The van der Waals surface area contributed by atoms with Gasteiger partial charge in [-0.15, -0.1) is 11.3 Å². The van der Waals surface area contributed by atoms with Gasteiger partial charge < -0.3 is 14.7 Å². The molecule has 5 aromatic rings. The molecule has 0 bridgehead atoms. The van der Waals surface area contributed by atoms with Crippen LogP contribution in [0.1, 0.15) is 18.4 Å². The third kappa shape index (κ3) is 4.82. The van der Waals surface area contributed by atoms with Crippen molar-refractivity contribution < 1.29 is 23.4 Å². The van der Waals surface area contributed by atoms with Crippen LogP contribution in [-0.2, 0) is 17.9 Å². The summed E-state index contributed by atoms with van der Waals surface area (Å²) in [6.45, 7) is 7.59. The first-order chi connectivity index (χ1) is 20.3. The van der Waals surface area contributed by atoms with E-state index in [9.17, 15) is 14.3 Å². The third-order valence-electron chi connectivity index (χ3n) is 7.15. The van der Waals surface area contributed by atoms with Crippen LogP contribution < -0.4 is 4.74 Å². The van der Waals surface area contributed by atoms with E-state index in [0.717, 1.165) is 23.2 Å². The Morgan fingerprint density at radius 1 is 1.21 bits per heavy atom. The molecule has 1 N–H and O–H groups in total. The minimum absolute atomic E-state index is 0.00862. The molecule has 42 heavy (non-hydrogen) atoms. The van der Waals surface area contributed by atoms with Gasteiger partial charge in [0.2, 0.25) is 5.91 Å². The van der Waals surface area contributed by atoms with Crippen molar-refractivity contribution in [2.75, 3.05) is 13.2 Å². The zero-order valence-electron chi connectivity index (χ0n) is 22.8. The maximum absolute atomic E-state index is 15.8. The summed E-state index contributed by atoms with van der Waals surface area (Å²) in [7, 11) is 0. The molecule has 1 aliphatic rings. The number of hydrogen-bond acceptors (Lipinski definition) is 8. The minimum Gasteiger partial charge on any atom is -0.490 e. The number of benzene rings is 1. The summed E-state index contributed by atoms with van der Waals surface area (Å²) in [5, 5.41) is 16.8. The number of aliphatic hydroxyl groups is 1. The van der Waals surface area contributed by atoms with Crippen LogP contribution in [-0.4, -0.2) is 59.9 Å². The smallest absolute Gasteiger partial charge is 0.246 e. The molecule has 9 nitrogen and oxygen atoms in total. The van der Waals surface area contributed by atoms with Gasteiger partial charge in [-0.25, -0.2) is 23.7 Å². The van der Waals surface area contributed by atoms with Crippen molar-refractivity contribution in [2.45, 2.75) is 33.0 Å². The van der Waals surface area contributed by atoms with Crippen molar-refractivity contribution in [2.24, 2.45) is 0 Å². The Hall–Kier alpha value is -4.55. The zero-order chi connectivity index (χ0) is 29.5. The zero-order valence-corrected chi connectivity index (χ0v) is 23.7. The fourth-order valence-corrected chi connectivity index (χ4v) is 6.14. The van der Waals surface area contributed by atoms with Crippen LogP contribution in [0.3, 0.4) is 0 Å². The van der Waals surface area contributed by atoms with Gasteiger partial charge in [-0.3, -0.25) is 9.48 Å². The van der Waals surface area contributed by atoms with Gasteiger partial charge in [0.15, 0.2) is 0 Å². The Kier molecular flexibility index (Phi) is 7.25. The van der Waals surface area contributed by atoms with Crippen molar-refractivity contribution >= 4 is 27.3 Å². The highest BCUT2D eigenvalue weighted by molar-refractivity contribution is 7.18. The number of carbonyl (C=O) groups excluding carboxylic acids is 1. The molecule has 5 heterocycles. The Balaban J connectivity index is 1.64. The second-order valence-corrected chi connectivity index (χ2v) is 10.8. The minimum atomic E-state index is -0.840. The fraction of sp³-hybridized carbons (Fsp3) is 0.233. The van der Waals surface area contributed by atoms with Gasteiger partial charge in [-0.05, 0) is 37.4 Å². The van der Waals surface area contributed by atoms with E-state index >= 15 is 4.39 Å². The number of rotatable bonds is 7. The molecule has 0 radical (unpaired) electrons. The number of aliphatic hydroxyl groups excluding tert-OH is 1. The number of aryl methyl sites for hydroxylation is 1. The normalized spacial score (nSPS) is 14.7. The van der Waals surface area contributed by atoms with Crippen molar-refractivity contribution in [3.63, 3.8) is 0 Å². The molecule has 0 saturated heterocycles. The third-order valence-corrected chi connectivity index (χ3v) is 8.08. The molecule has 1 aromatic carbocycles. The van der Waals surface area contributed by atoms with Crippen LogP contribution in [0.2, 0.25) is 0 Å². The number of carbonyl (C=O) groups is 1. The Bertz CT molecular complexity index is 1840. The Labute approximate surface area is 243 Å². The second-order valence-electron chi connectivity index (χ2n) is 9.92. The lowest BCUT2D eigenvalue weighted by atomic mass is 9.97. The highest BCUT2D eigenvalue weighted by Gasteiger charge is 2.30. The summed E-state index contributed by atoms with van der Waals surface area (Å²) >= 11 is 1.37. The van der Waals surface area contributed by atoms with Crippen LogP contribution in [0, 0.1) is 18.6 Å². The lowest BCUT2D eigenvalue weighted by molar-refractivity contribution is -0.129. The molecule has 1 amide bonds. The van der Waals surface area contributed by atoms with Crippen LogP contribution in [0.5, 0.6) is 5.75 Å². The van der Waals surface area contributed by atoms with E-state index in [2.05, 4.69) is 16.5 Å².